The van der Waals surface area contributed by atoms with Crippen molar-refractivity contribution < 1.29 is 9.59 Å². The highest BCUT2D eigenvalue weighted by Crippen LogP contribution is 2.25. The molecule has 1 N–H and O–H groups in total. The van der Waals surface area contributed by atoms with Crippen LogP contribution in [0.4, 0.5) is 0 Å². The fourth-order valence-corrected chi connectivity index (χ4v) is 2.77. The van der Waals surface area contributed by atoms with Gasteiger partial charge in [0.25, 0.3) is 0 Å². The molecule has 98 valence electrons. The highest BCUT2D eigenvalue weighted by atomic mass is 79.9. The van der Waals surface area contributed by atoms with E-state index in [-0.39, 0.29) is 11.8 Å². The number of nitrogens with zero attached hydrogens (tertiary/aromatic N) is 2. The Balaban J connectivity index is 1.98. The van der Waals surface area contributed by atoms with Crippen molar-refractivity contribution in [3.8, 4) is 0 Å². The lowest BCUT2D eigenvalue weighted by molar-refractivity contribution is -0.137. The molecular weight excluding hydrogens is 310 g/mol. The molecular formula is C13H12BrN3O2. The lowest BCUT2D eigenvalue weighted by atomic mass is 9.95. The third kappa shape index (κ3) is 2.16. The third-order valence-corrected chi connectivity index (χ3v) is 3.74. The molecule has 0 bridgehead atoms. The van der Waals surface area contributed by atoms with E-state index in [1.807, 2.05) is 12.1 Å². The molecule has 6 heteroatoms. The van der Waals surface area contributed by atoms with Gasteiger partial charge in [0.15, 0.2) is 0 Å². The molecule has 2 aliphatic heterocycles. The fraction of sp³-hybridized carbons (Fsp3) is 0.308. The molecule has 0 radical (unpaired) electrons. The largest absolute Gasteiger partial charge is 0.295 e. The lowest BCUT2D eigenvalue weighted by Crippen LogP contribution is -2.59. The van der Waals surface area contributed by atoms with Gasteiger partial charge in [0.2, 0.25) is 17.8 Å². The number of hydrogen-bond donors (Lipinski definition) is 1. The second-order valence-electron chi connectivity index (χ2n) is 4.53. The summed E-state index contributed by atoms with van der Waals surface area (Å²) in [4.78, 5) is 30.3. The van der Waals surface area contributed by atoms with Crippen molar-refractivity contribution >= 4 is 33.7 Å². The van der Waals surface area contributed by atoms with Gasteiger partial charge >= 0.3 is 0 Å². The van der Waals surface area contributed by atoms with Crippen LogP contribution in [0.1, 0.15) is 17.9 Å². The molecule has 19 heavy (non-hydrogen) atoms. The minimum absolute atomic E-state index is 0.194. The number of fused-ring (bicyclic) bond motifs is 1. The second-order valence-corrected chi connectivity index (χ2v) is 5.44. The molecule has 0 aliphatic carbocycles. The van der Waals surface area contributed by atoms with Gasteiger partial charge in [-0.25, -0.2) is 0 Å². The second kappa shape index (κ2) is 4.77. The van der Waals surface area contributed by atoms with Gasteiger partial charge in [-0.3, -0.25) is 24.8 Å². The zero-order valence-corrected chi connectivity index (χ0v) is 11.7. The van der Waals surface area contributed by atoms with Gasteiger partial charge in [0, 0.05) is 17.6 Å². The average Bonchev–Trinajstić information content (AvgIpc) is 2.39. The van der Waals surface area contributed by atoms with Crippen LogP contribution in [-0.2, 0) is 9.59 Å². The van der Waals surface area contributed by atoms with Crippen LogP contribution < -0.4 is 5.32 Å². The summed E-state index contributed by atoms with van der Waals surface area (Å²) >= 11 is 3.36. The first-order valence-electron chi connectivity index (χ1n) is 6.09. The van der Waals surface area contributed by atoms with Gasteiger partial charge in [-0.1, -0.05) is 28.1 Å². The predicted octanol–water partition coefficient (Wildman–Crippen LogP) is 1.25. The van der Waals surface area contributed by atoms with Crippen LogP contribution in [0, 0.1) is 0 Å². The highest BCUT2D eigenvalue weighted by molar-refractivity contribution is 9.10. The molecule has 1 saturated heterocycles. The minimum atomic E-state index is -0.783. The number of hydrogen-bond acceptors (Lipinski definition) is 3. The number of amides is 2. The summed E-state index contributed by atoms with van der Waals surface area (Å²) in [7, 11) is 0. The van der Waals surface area contributed by atoms with Gasteiger partial charge in [-0.05, 0) is 24.1 Å². The number of rotatable bonds is 1. The highest BCUT2D eigenvalue weighted by Gasteiger charge is 2.40. The van der Waals surface area contributed by atoms with Gasteiger partial charge < -0.3 is 0 Å². The molecule has 1 unspecified atom stereocenters. The Morgan fingerprint density at radius 1 is 1.37 bits per heavy atom. The SMILES string of the molecule is O=C1NC2=NCCCN2C(=O)C1c1cccc(Br)c1. The lowest BCUT2D eigenvalue weighted by Gasteiger charge is -2.35. The van der Waals surface area contributed by atoms with E-state index in [9.17, 15) is 9.59 Å². The van der Waals surface area contributed by atoms with E-state index in [2.05, 4.69) is 26.2 Å². The number of guanidine groups is 1. The topological polar surface area (TPSA) is 61.8 Å². The first kappa shape index (κ1) is 12.3. The Kier molecular flexibility index (Phi) is 3.10. The number of benzene rings is 1. The van der Waals surface area contributed by atoms with Crippen LogP contribution in [0.15, 0.2) is 33.7 Å². The van der Waals surface area contributed by atoms with Crippen molar-refractivity contribution in [3.63, 3.8) is 0 Å². The number of carbonyl (C=O) groups is 2. The Labute approximate surface area is 118 Å². The maximum atomic E-state index is 12.5. The van der Waals surface area contributed by atoms with Crippen molar-refractivity contribution in [1.82, 2.24) is 10.2 Å². The monoisotopic (exact) mass is 321 g/mol. The van der Waals surface area contributed by atoms with E-state index in [0.29, 0.717) is 24.6 Å². The number of nitrogens with one attached hydrogen (secondary N) is 1. The summed E-state index contributed by atoms with van der Waals surface area (Å²) in [5.41, 5.74) is 0.696. The zero-order valence-electron chi connectivity index (χ0n) is 10.1. The van der Waals surface area contributed by atoms with Crippen LogP contribution in [0.5, 0.6) is 0 Å². The van der Waals surface area contributed by atoms with Crippen molar-refractivity contribution in [2.75, 3.05) is 13.1 Å². The molecule has 2 aliphatic rings. The van der Waals surface area contributed by atoms with E-state index in [0.717, 1.165) is 10.9 Å². The van der Waals surface area contributed by atoms with Gasteiger partial charge in [0.05, 0.1) is 0 Å². The predicted molar refractivity (Wildman–Crippen MR) is 73.7 cm³/mol. The molecule has 5 nitrogen and oxygen atoms in total. The van der Waals surface area contributed by atoms with Crippen molar-refractivity contribution in [2.45, 2.75) is 12.3 Å². The maximum Gasteiger partial charge on any atom is 0.246 e. The molecule has 0 aromatic heterocycles. The fourth-order valence-electron chi connectivity index (χ4n) is 2.36. The molecule has 0 spiro atoms. The van der Waals surface area contributed by atoms with Crippen LogP contribution in [-0.4, -0.2) is 35.8 Å². The van der Waals surface area contributed by atoms with Crippen LogP contribution in [0.3, 0.4) is 0 Å². The quantitative estimate of drug-likeness (QED) is 0.791. The summed E-state index contributed by atoms with van der Waals surface area (Å²) in [5.74, 6) is -0.887. The van der Waals surface area contributed by atoms with E-state index in [1.54, 1.807) is 17.0 Å². The van der Waals surface area contributed by atoms with E-state index in [1.165, 1.54) is 0 Å². The Morgan fingerprint density at radius 2 is 2.21 bits per heavy atom. The summed E-state index contributed by atoms with van der Waals surface area (Å²) in [5, 5.41) is 2.72. The van der Waals surface area contributed by atoms with Crippen molar-refractivity contribution in [1.29, 1.82) is 0 Å². The Morgan fingerprint density at radius 3 is 3.00 bits per heavy atom. The normalized spacial score (nSPS) is 22.7. The number of carbonyl (C=O) groups excluding carboxylic acids is 2. The molecule has 2 amide bonds. The first-order valence-corrected chi connectivity index (χ1v) is 6.88. The Bertz CT molecular complexity index is 585. The van der Waals surface area contributed by atoms with Crippen LogP contribution in [0.2, 0.25) is 0 Å². The Hall–Kier alpha value is -1.69. The molecule has 3 rings (SSSR count). The van der Waals surface area contributed by atoms with Gasteiger partial charge in [-0.15, -0.1) is 0 Å². The number of halogens is 1. The minimum Gasteiger partial charge on any atom is -0.295 e. The summed E-state index contributed by atoms with van der Waals surface area (Å²) in [6, 6.07) is 7.27. The number of aliphatic imine (C=N–C) groups is 1. The van der Waals surface area contributed by atoms with E-state index >= 15 is 0 Å². The molecule has 1 atom stereocenters. The molecule has 1 aromatic rings. The van der Waals surface area contributed by atoms with Crippen molar-refractivity contribution in [3.05, 3.63) is 34.3 Å². The van der Waals surface area contributed by atoms with Crippen molar-refractivity contribution in [2.24, 2.45) is 4.99 Å². The van der Waals surface area contributed by atoms with Gasteiger partial charge in [-0.2, -0.15) is 0 Å². The maximum absolute atomic E-state index is 12.5. The summed E-state index contributed by atoms with van der Waals surface area (Å²) in [6.07, 6.45) is 0.830. The zero-order chi connectivity index (χ0) is 13.4. The molecule has 2 heterocycles. The molecule has 0 saturated carbocycles. The molecule has 1 fully saturated rings. The smallest absolute Gasteiger partial charge is 0.246 e. The summed E-state index contributed by atoms with van der Waals surface area (Å²) in [6.45, 7) is 1.27. The van der Waals surface area contributed by atoms with Gasteiger partial charge in [0.1, 0.15) is 5.92 Å². The van der Waals surface area contributed by atoms with Crippen LogP contribution >= 0.6 is 15.9 Å². The van der Waals surface area contributed by atoms with E-state index in [4.69, 9.17) is 0 Å². The molecule has 1 aromatic carbocycles. The summed E-state index contributed by atoms with van der Waals surface area (Å²) < 4.78 is 0.851. The first-order chi connectivity index (χ1) is 9.16. The van der Waals surface area contributed by atoms with E-state index < -0.39 is 5.92 Å². The third-order valence-electron chi connectivity index (χ3n) is 3.25. The standard InChI is InChI=1S/C13H12BrN3O2/c14-9-4-1-3-8(7-9)10-11(18)16-13-15-5-2-6-17(13)12(10)19/h1,3-4,7,10H,2,5-6H2,(H,15,16,18). The average molecular weight is 322 g/mol. The van der Waals surface area contributed by atoms with Crippen LogP contribution in [0.25, 0.3) is 0 Å².